The van der Waals surface area contributed by atoms with Crippen LogP contribution in [0.5, 0.6) is 5.75 Å². The summed E-state index contributed by atoms with van der Waals surface area (Å²) >= 11 is 3.18. The maximum absolute atomic E-state index is 12.1. The molecule has 0 atom stereocenters. The number of fused-ring (bicyclic) bond motifs is 1. The van der Waals surface area contributed by atoms with Gasteiger partial charge in [0.25, 0.3) is 5.69 Å². The van der Waals surface area contributed by atoms with E-state index in [0.717, 1.165) is 10.8 Å². The second-order valence-corrected chi connectivity index (χ2v) is 5.77. The molecule has 0 saturated carbocycles. The minimum atomic E-state index is -0.692. The third-order valence-corrected chi connectivity index (χ3v) is 3.83. The molecule has 3 rings (SSSR count). The summed E-state index contributed by atoms with van der Waals surface area (Å²) in [4.78, 5) is 14.6. The number of halogens is 1. The Hall–Kier alpha value is -2.73. The Balaban J connectivity index is 2.08. The highest BCUT2D eigenvalue weighted by Crippen LogP contribution is 2.31. The standard InChI is InChI=1S/C17H11BrN2O3/c18-13-8-12(17(21)16(9-13)20(22)23)10-19-15-7-3-5-11-4-1-2-6-14(11)15/h1-10,21H/p-1. The summed E-state index contributed by atoms with van der Waals surface area (Å²) in [6, 6.07) is 16.1. The lowest BCUT2D eigenvalue weighted by Gasteiger charge is -2.11. The molecule has 23 heavy (non-hydrogen) atoms. The third-order valence-electron chi connectivity index (χ3n) is 3.37. The lowest BCUT2D eigenvalue weighted by Crippen LogP contribution is -2.02. The highest BCUT2D eigenvalue weighted by Gasteiger charge is 2.11. The summed E-state index contributed by atoms with van der Waals surface area (Å²) < 4.78 is 0.461. The molecule has 0 aromatic heterocycles. The fourth-order valence-electron chi connectivity index (χ4n) is 2.29. The van der Waals surface area contributed by atoms with Gasteiger partial charge < -0.3 is 5.11 Å². The smallest absolute Gasteiger partial charge is 0.263 e. The van der Waals surface area contributed by atoms with Crippen molar-refractivity contribution in [1.29, 1.82) is 0 Å². The molecule has 0 aliphatic heterocycles. The first-order valence-corrected chi connectivity index (χ1v) is 7.52. The zero-order chi connectivity index (χ0) is 16.4. The van der Waals surface area contributed by atoms with Crippen molar-refractivity contribution in [3.05, 3.63) is 74.7 Å². The van der Waals surface area contributed by atoms with E-state index in [0.29, 0.717) is 10.2 Å². The molecule has 0 heterocycles. The van der Waals surface area contributed by atoms with Crippen LogP contribution in [0, 0.1) is 10.1 Å². The molecule has 0 unspecified atom stereocenters. The van der Waals surface area contributed by atoms with Gasteiger partial charge in [-0.05, 0) is 28.8 Å². The third kappa shape index (κ3) is 3.07. The molecular formula is C17H10BrN2O3-. The van der Waals surface area contributed by atoms with E-state index in [1.54, 1.807) is 0 Å². The van der Waals surface area contributed by atoms with Crippen LogP contribution in [0.2, 0.25) is 0 Å². The van der Waals surface area contributed by atoms with Gasteiger partial charge in [0.2, 0.25) is 0 Å². The van der Waals surface area contributed by atoms with Crippen molar-refractivity contribution in [2.45, 2.75) is 0 Å². The first kappa shape index (κ1) is 15.2. The number of nitro benzene ring substituents is 1. The van der Waals surface area contributed by atoms with E-state index in [2.05, 4.69) is 20.9 Å². The first-order valence-electron chi connectivity index (χ1n) is 6.73. The summed E-state index contributed by atoms with van der Waals surface area (Å²) in [6.07, 6.45) is 1.36. The van der Waals surface area contributed by atoms with Gasteiger partial charge in [0.15, 0.2) is 0 Å². The summed E-state index contributed by atoms with van der Waals surface area (Å²) in [5.74, 6) is -0.651. The zero-order valence-electron chi connectivity index (χ0n) is 11.8. The Kier molecular flexibility index (Phi) is 4.08. The van der Waals surface area contributed by atoms with Gasteiger partial charge in [-0.15, -0.1) is 0 Å². The average Bonchev–Trinajstić information content (AvgIpc) is 2.55. The van der Waals surface area contributed by atoms with E-state index in [1.165, 1.54) is 18.3 Å². The van der Waals surface area contributed by atoms with Crippen LogP contribution in [0.3, 0.4) is 0 Å². The molecular weight excluding hydrogens is 360 g/mol. The Morgan fingerprint density at radius 1 is 1.09 bits per heavy atom. The number of hydrogen-bond acceptors (Lipinski definition) is 4. The van der Waals surface area contributed by atoms with Gasteiger partial charge in [-0.1, -0.05) is 52.3 Å². The van der Waals surface area contributed by atoms with Crippen LogP contribution in [-0.4, -0.2) is 11.1 Å². The van der Waals surface area contributed by atoms with Gasteiger partial charge in [0.05, 0.1) is 10.6 Å². The van der Waals surface area contributed by atoms with E-state index in [-0.39, 0.29) is 5.56 Å². The van der Waals surface area contributed by atoms with E-state index >= 15 is 0 Å². The van der Waals surface area contributed by atoms with E-state index in [1.807, 2.05) is 42.5 Å². The van der Waals surface area contributed by atoms with Crippen LogP contribution in [0.1, 0.15) is 5.56 Å². The molecule has 0 N–H and O–H groups in total. The molecule has 3 aromatic carbocycles. The normalized spacial score (nSPS) is 11.2. The highest BCUT2D eigenvalue weighted by molar-refractivity contribution is 9.10. The molecule has 0 amide bonds. The Morgan fingerprint density at radius 2 is 1.83 bits per heavy atom. The van der Waals surface area contributed by atoms with Gasteiger partial charge in [0, 0.05) is 22.1 Å². The van der Waals surface area contributed by atoms with Crippen molar-refractivity contribution in [3.63, 3.8) is 0 Å². The molecule has 0 spiro atoms. The Bertz CT molecular complexity index is 933. The first-order chi connectivity index (χ1) is 11.1. The molecule has 0 aliphatic carbocycles. The highest BCUT2D eigenvalue weighted by atomic mass is 79.9. The van der Waals surface area contributed by atoms with Crippen molar-refractivity contribution in [2.24, 2.45) is 4.99 Å². The predicted molar refractivity (Wildman–Crippen MR) is 91.4 cm³/mol. The molecule has 114 valence electrons. The van der Waals surface area contributed by atoms with Gasteiger partial charge in [0.1, 0.15) is 0 Å². The van der Waals surface area contributed by atoms with Crippen molar-refractivity contribution >= 4 is 44.3 Å². The van der Waals surface area contributed by atoms with Crippen molar-refractivity contribution in [2.75, 3.05) is 0 Å². The average molecular weight is 370 g/mol. The van der Waals surface area contributed by atoms with Crippen LogP contribution in [0.4, 0.5) is 11.4 Å². The van der Waals surface area contributed by atoms with Gasteiger partial charge >= 0.3 is 0 Å². The summed E-state index contributed by atoms with van der Waals surface area (Å²) in [5.41, 5.74) is 0.392. The molecule has 6 heteroatoms. The molecule has 0 radical (unpaired) electrons. The van der Waals surface area contributed by atoms with E-state index in [9.17, 15) is 15.2 Å². The second-order valence-electron chi connectivity index (χ2n) is 4.86. The van der Waals surface area contributed by atoms with Crippen molar-refractivity contribution < 1.29 is 10.0 Å². The molecule has 0 fully saturated rings. The van der Waals surface area contributed by atoms with Crippen LogP contribution in [0.15, 0.2) is 64.1 Å². The number of nitro groups is 1. The lowest BCUT2D eigenvalue weighted by atomic mass is 10.1. The SMILES string of the molecule is O=[N+]([O-])c1cc(Br)cc(C=Nc2cccc3ccccc23)c1[O-]. The minimum absolute atomic E-state index is 0.166. The minimum Gasteiger partial charge on any atom is -0.867 e. The van der Waals surface area contributed by atoms with Gasteiger partial charge in [-0.2, -0.15) is 0 Å². The maximum atomic E-state index is 12.1. The molecule has 3 aromatic rings. The Labute approximate surface area is 140 Å². The maximum Gasteiger partial charge on any atom is 0.263 e. The topological polar surface area (TPSA) is 78.6 Å². The van der Waals surface area contributed by atoms with Crippen LogP contribution >= 0.6 is 15.9 Å². The van der Waals surface area contributed by atoms with E-state index < -0.39 is 16.4 Å². The largest absolute Gasteiger partial charge is 0.867 e. The van der Waals surface area contributed by atoms with Crippen LogP contribution in [0.25, 0.3) is 10.8 Å². The molecule has 5 nitrogen and oxygen atoms in total. The zero-order valence-corrected chi connectivity index (χ0v) is 13.4. The van der Waals surface area contributed by atoms with Gasteiger partial charge in [-0.25, -0.2) is 0 Å². The summed E-state index contributed by atoms with van der Waals surface area (Å²) in [7, 11) is 0. The molecule has 0 bridgehead atoms. The molecule has 0 aliphatic rings. The van der Waals surface area contributed by atoms with E-state index in [4.69, 9.17) is 0 Å². The number of aliphatic imine (C=N–C) groups is 1. The van der Waals surface area contributed by atoms with Crippen LogP contribution in [-0.2, 0) is 0 Å². The predicted octanol–water partition coefficient (Wildman–Crippen LogP) is 4.33. The molecule has 0 saturated heterocycles. The number of nitrogens with zero attached hydrogens (tertiary/aromatic N) is 2. The number of hydrogen-bond donors (Lipinski definition) is 0. The quantitative estimate of drug-likeness (QED) is 0.391. The Morgan fingerprint density at radius 3 is 2.61 bits per heavy atom. The lowest BCUT2D eigenvalue weighted by molar-refractivity contribution is -0.398. The van der Waals surface area contributed by atoms with Gasteiger partial charge in [-0.3, -0.25) is 15.1 Å². The number of rotatable bonds is 3. The second kappa shape index (κ2) is 6.18. The fraction of sp³-hybridized carbons (Fsp3) is 0. The van der Waals surface area contributed by atoms with Crippen molar-refractivity contribution in [1.82, 2.24) is 0 Å². The number of benzene rings is 3. The fourth-order valence-corrected chi connectivity index (χ4v) is 2.75. The summed E-state index contributed by atoms with van der Waals surface area (Å²) in [6.45, 7) is 0. The van der Waals surface area contributed by atoms with Crippen LogP contribution < -0.4 is 5.11 Å². The van der Waals surface area contributed by atoms with Crippen molar-refractivity contribution in [3.8, 4) is 5.75 Å². The monoisotopic (exact) mass is 369 g/mol. The summed E-state index contributed by atoms with van der Waals surface area (Å²) in [5, 5.41) is 25.0.